The standard InChI is InChI=1S/C18H19N3O3S/c1-11(8-14-4-3-7-24-14)19-17(23)10-13-5-6-15-16(9-13)25-18(21-15)20-12(2)22/h3-7,9,11H,8,10H2,1-2H3,(H,19,23)(H,20,21,22)/t11-/m1/s1. The predicted octanol–water partition coefficient (Wildman–Crippen LogP) is 3.14. The molecule has 130 valence electrons. The summed E-state index contributed by atoms with van der Waals surface area (Å²) in [6.45, 7) is 3.40. The van der Waals surface area contributed by atoms with E-state index >= 15 is 0 Å². The summed E-state index contributed by atoms with van der Waals surface area (Å²) in [5.74, 6) is 0.665. The van der Waals surface area contributed by atoms with Crippen LogP contribution in [0.3, 0.4) is 0 Å². The molecule has 0 bridgehead atoms. The van der Waals surface area contributed by atoms with E-state index in [9.17, 15) is 9.59 Å². The summed E-state index contributed by atoms with van der Waals surface area (Å²) >= 11 is 1.40. The van der Waals surface area contributed by atoms with Gasteiger partial charge in [-0.2, -0.15) is 0 Å². The largest absolute Gasteiger partial charge is 0.469 e. The molecule has 0 radical (unpaired) electrons. The summed E-state index contributed by atoms with van der Waals surface area (Å²) in [6, 6.07) is 9.42. The first kappa shape index (κ1) is 17.2. The third kappa shape index (κ3) is 4.67. The molecule has 3 rings (SSSR count). The normalized spacial score (nSPS) is 12.1. The molecule has 0 saturated carbocycles. The first-order valence-corrected chi connectivity index (χ1v) is 8.80. The van der Waals surface area contributed by atoms with E-state index in [2.05, 4.69) is 15.6 Å². The molecule has 6 nitrogen and oxygen atoms in total. The highest BCUT2D eigenvalue weighted by Crippen LogP contribution is 2.27. The van der Waals surface area contributed by atoms with Crippen LogP contribution in [0.4, 0.5) is 5.13 Å². The van der Waals surface area contributed by atoms with Crippen molar-refractivity contribution in [2.75, 3.05) is 5.32 Å². The molecule has 2 heterocycles. The Morgan fingerprint density at radius 2 is 2.16 bits per heavy atom. The Balaban J connectivity index is 1.61. The fraction of sp³-hybridized carbons (Fsp3) is 0.278. The second kappa shape index (κ2) is 7.48. The van der Waals surface area contributed by atoms with Gasteiger partial charge in [0.05, 0.1) is 22.9 Å². The number of hydrogen-bond donors (Lipinski definition) is 2. The fourth-order valence-electron chi connectivity index (χ4n) is 2.58. The van der Waals surface area contributed by atoms with Crippen molar-refractivity contribution in [1.82, 2.24) is 10.3 Å². The van der Waals surface area contributed by atoms with E-state index in [0.29, 0.717) is 18.0 Å². The summed E-state index contributed by atoms with van der Waals surface area (Å²) in [5, 5.41) is 6.23. The molecular weight excluding hydrogens is 338 g/mol. The monoisotopic (exact) mass is 357 g/mol. The number of hydrogen-bond acceptors (Lipinski definition) is 5. The molecule has 0 saturated heterocycles. The van der Waals surface area contributed by atoms with Gasteiger partial charge in [-0.3, -0.25) is 9.59 Å². The first-order valence-electron chi connectivity index (χ1n) is 7.98. The van der Waals surface area contributed by atoms with Crippen molar-refractivity contribution >= 4 is 38.5 Å². The van der Waals surface area contributed by atoms with Gasteiger partial charge >= 0.3 is 0 Å². The van der Waals surface area contributed by atoms with Gasteiger partial charge in [0, 0.05) is 19.4 Å². The van der Waals surface area contributed by atoms with Gasteiger partial charge in [0.1, 0.15) is 5.76 Å². The maximum atomic E-state index is 12.2. The van der Waals surface area contributed by atoms with Crippen LogP contribution in [0.15, 0.2) is 41.0 Å². The Morgan fingerprint density at radius 1 is 1.32 bits per heavy atom. The van der Waals surface area contributed by atoms with Gasteiger partial charge < -0.3 is 15.1 Å². The minimum atomic E-state index is -0.149. The lowest BCUT2D eigenvalue weighted by atomic mass is 10.1. The van der Waals surface area contributed by atoms with E-state index in [1.807, 2.05) is 37.3 Å². The van der Waals surface area contributed by atoms with Gasteiger partial charge in [0.25, 0.3) is 0 Å². The van der Waals surface area contributed by atoms with E-state index in [1.165, 1.54) is 18.3 Å². The van der Waals surface area contributed by atoms with Crippen LogP contribution in [0, 0.1) is 0 Å². The number of thiazole rings is 1. The minimum Gasteiger partial charge on any atom is -0.469 e. The zero-order valence-corrected chi connectivity index (χ0v) is 14.9. The van der Waals surface area contributed by atoms with Crippen molar-refractivity contribution in [2.45, 2.75) is 32.7 Å². The van der Waals surface area contributed by atoms with Crippen LogP contribution in [0.25, 0.3) is 10.2 Å². The Morgan fingerprint density at radius 3 is 2.88 bits per heavy atom. The fourth-order valence-corrected chi connectivity index (χ4v) is 3.55. The first-order chi connectivity index (χ1) is 12.0. The average molecular weight is 357 g/mol. The number of nitrogens with one attached hydrogen (secondary N) is 2. The molecule has 2 amide bonds. The smallest absolute Gasteiger partial charge is 0.224 e. The number of benzene rings is 1. The lowest BCUT2D eigenvalue weighted by molar-refractivity contribution is -0.121. The molecule has 2 aromatic heterocycles. The molecule has 0 aliphatic carbocycles. The van der Waals surface area contributed by atoms with Crippen molar-refractivity contribution in [3.8, 4) is 0 Å². The summed E-state index contributed by atoms with van der Waals surface area (Å²) in [7, 11) is 0. The molecule has 1 atom stereocenters. The number of aromatic nitrogens is 1. The topological polar surface area (TPSA) is 84.2 Å². The molecule has 3 aromatic rings. The molecule has 0 aliphatic heterocycles. The Hall–Kier alpha value is -2.67. The van der Waals surface area contributed by atoms with Crippen molar-refractivity contribution in [3.05, 3.63) is 47.9 Å². The van der Waals surface area contributed by atoms with Crippen LogP contribution in [-0.2, 0) is 22.4 Å². The van der Waals surface area contributed by atoms with Gasteiger partial charge in [-0.1, -0.05) is 17.4 Å². The molecule has 1 aromatic carbocycles. The van der Waals surface area contributed by atoms with Crippen LogP contribution in [-0.4, -0.2) is 22.8 Å². The minimum absolute atomic E-state index is 0.00263. The van der Waals surface area contributed by atoms with Crippen molar-refractivity contribution < 1.29 is 14.0 Å². The van der Waals surface area contributed by atoms with Gasteiger partial charge in [-0.25, -0.2) is 4.98 Å². The predicted molar refractivity (Wildman–Crippen MR) is 97.6 cm³/mol. The highest BCUT2D eigenvalue weighted by atomic mass is 32.1. The molecule has 7 heteroatoms. The van der Waals surface area contributed by atoms with E-state index in [1.54, 1.807) is 6.26 Å². The zero-order chi connectivity index (χ0) is 17.8. The lowest BCUT2D eigenvalue weighted by Gasteiger charge is -2.12. The number of nitrogens with zero attached hydrogens (tertiary/aromatic N) is 1. The zero-order valence-electron chi connectivity index (χ0n) is 14.0. The lowest BCUT2D eigenvalue weighted by Crippen LogP contribution is -2.35. The number of amides is 2. The van der Waals surface area contributed by atoms with E-state index in [0.717, 1.165) is 21.5 Å². The van der Waals surface area contributed by atoms with Gasteiger partial charge in [-0.15, -0.1) is 0 Å². The Labute approximate surface area is 149 Å². The molecule has 0 unspecified atom stereocenters. The number of carbonyl (C=O) groups is 2. The van der Waals surface area contributed by atoms with Crippen LogP contribution in [0.2, 0.25) is 0 Å². The SMILES string of the molecule is CC(=O)Nc1nc2ccc(CC(=O)N[C@H](C)Cc3ccco3)cc2s1. The molecule has 0 aliphatic rings. The summed E-state index contributed by atoms with van der Waals surface area (Å²) in [4.78, 5) is 27.7. The number of furan rings is 1. The number of rotatable bonds is 6. The molecule has 2 N–H and O–H groups in total. The Bertz CT molecular complexity index is 886. The third-order valence-electron chi connectivity index (χ3n) is 3.60. The number of fused-ring (bicyclic) bond motifs is 1. The maximum absolute atomic E-state index is 12.2. The van der Waals surface area contributed by atoms with E-state index < -0.39 is 0 Å². The van der Waals surface area contributed by atoms with Crippen LogP contribution >= 0.6 is 11.3 Å². The Kier molecular flexibility index (Phi) is 5.14. The van der Waals surface area contributed by atoms with Crippen LogP contribution < -0.4 is 10.6 Å². The second-order valence-electron chi connectivity index (χ2n) is 5.93. The summed E-state index contributed by atoms with van der Waals surface area (Å²) in [6.07, 6.45) is 2.59. The van der Waals surface area contributed by atoms with Crippen molar-refractivity contribution in [2.24, 2.45) is 0 Å². The highest BCUT2D eigenvalue weighted by Gasteiger charge is 2.12. The quantitative estimate of drug-likeness (QED) is 0.710. The molecule has 0 spiro atoms. The highest BCUT2D eigenvalue weighted by molar-refractivity contribution is 7.22. The van der Waals surface area contributed by atoms with Crippen LogP contribution in [0.5, 0.6) is 0 Å². The molecule has 25 heavy (non-hydrogen) atoms. The number of carbonyl (C=O) groups excluding carboxylic acids is 2. The van der Waals surface area contributed by atoms with E-state index in [4.69, 9.17) is 4.42 Å². The second-order valence-corrected chi connectivity index (χ2v) is 6.96. The van der Waals surface area contributed by atoms with Crippen molar-refractivity contribution in [1.29, 1.82) is 0 Å². The average Bonchev–Trinajstić information content (AvgIpc) is 3.14. The van der Waals surface area contributed by atoms with Crippen LogP contribution in [0.1, 0.15) is 25.2 Å². The summed E-state index contributed by atoms with van der Waals surface area (Å²) in [5.41, 5.74) is 1.72. The van der Waals surface area contributed by atoms with Crippen molar-refractivity contribution in [3.63, 3.8) is 0 Å². The van der Waals surface area contributed by atoms with Gasteiger partial charge in [0.15, 0.2) is 5.13 Å². The molecule has 0 fully saturated rings. The number of anilines is 1. The summed E-state index contributed by atoms with van der Waals surface area (Å²) < 4.78 is 6.24. The van der Waals surface area contributed by atoms with E-state index in [-0.39, 0.29) is 17.9 Å². The molecular formula is C18H19N3O3S. The third-order valence-corrected chi connectivity index (χ3v) is 4.53. The van der Waals surface area contributed by atoms with Gasteiger partial charge in [-0.05, 0) is 36.8 Å². The van der Waals surface area contributed by atoms with Gasteiger partial charge in [0.2, 0.25) is 11.8 Å². The maximum Gasteiger partial charge on any atom is 0.224 e.